The van der Waals surface area contributed by atoms with E-state index in [4.69, 9.17) is 4.74 Å². The van der Waals surface area contributed by atoms with E-state index in [1.54, 1.807) is 23.8 Å². The van der Waals surface area contributed by atoms with Crippen LogP contribution in [0.25, 0.3) is 16.7 Å². The summed E-state index contributed by atoms with van der Waals surface area (Å²) in [7, 11) is 1.89. The van der Waals surface area contributed by atoms with Gasteiger partial charge in [0.2, 0.25) is 0 Å². The van der Waals surface area contributed by atoms with E-state index in [9.17, 15) is 14.7 Å². The van der Waals surface area contributed by atoms with Gasteiger partial charge in [-0.1, -0.05) is 30.3 Å². The van der Waals surface area contributed by atoms with Crippen molar-refractivity contribution >= 4 is 17.0 Å². The van der Waals surface area contributed by atoms with E-state index in [0.717, 1.165) is 22.4 Å². The molecule has 2 atom stereocenters. The van der Waals surface area contributed by atoms with Crippen LogP contribution in [0, 0.1) is 5.41 Å². The molecule has 1 saturated carbocycles. The Bertz CT molecular complexity index is 1390. The molecule has 0 radical (unpaired) electrons. The lowest BCUT2D eigenvalue weighted by Crippen LogP contribution is -2.16. The fourth-order valence-electron chi connectivity index (χ4n) is 4.14. The third-order valence-corrected chi connectivity index (χ3v) is 6.35. The first kappa shape index (κ1) is 20.1. The number of aryl methyl sites for hydroxylation is 1. The summed E-state index contributed by atoms with van der Waals surface area (Å²) in [6.07, 6.45) is 2.28. The molecule has 7 nitrogen and oxygen atoms in total. The first-order valence-corrected chi connectivity index (χ1v) is 10.5. The van der Waals surface area contributed by atoms with Crippen LogP contribution in [0.2, 0.25) is 0 Å². The topological polar surface area (TPSA) is 86.3 Å². The Labute approximate surface area is 184 Å². The number of nitrogens with zero attached hydrogens (tertiary/aromatic N) is 3. The van der Waals surface area contributed by atoms with Gasteiger partial charge in [-0.15, -0.1) is 0 Å². The number of carbonyl (C=O) groups is 1. The normalized spacial score (nSPS) is 19.8. The van der Waals surface area contributed by atoms with Crippen molar-refractivity contribution in [1.29, 1.82) is 0 Å². The standard InChI is InChI=1S/C25H23N3O4/c1-25(24(30)31)14-19(25)23-26-20-9-8-17(12-21(20)27(23)2)28-11-10-18(13-22(28)29)32-15-16-6-4-3-5-7-16/h3-13,19H,14-15H2,1-2H3,(H,30,31). The summed E-state index contributed by atoms with van der Waals surface area (Å²) < 4.78 is 9.24. The highest BCUT2D eigenvalue weighted by Gasteiger charge is 2.59. The fourth-order valence-corrected chi connectivity index (χ4v) is 4.14. The molecular weight excluding hydrogens is 406 g/mol. The lowest BCUT2D eigenvalue weighted by atomic mass is 10.1. The summed E-state index contributed by atoms with van der Waals surface area (Å²) in [6.45, 7) is 2.15. The van der Waals surface area contributed by atoms with Crippen molar-refractivity contribution in [2.24, 2.45) is 12.5 Å². The molecule has 32 heavy (non-hydrogen) atoms. The van der Waals surface area contributed by atoms with Crippen LogP contribution in [-0.2, 0) is 18.4 Å². The average Bonchev–Trinajstić information content (AvgIpc) is 3.39. The number of carboxylic acids is 1. The van der Waals surface area contributed by atoms with Crippen LogP contribution in [0.1, 0.15) is 30.7 Å². The second-order valence-corrected chi connectivity index (χ2v) is 8.53. The van der Waals surface area contributed by atoms with Gasteiger partial charge in [0, 0.05) is 25.2 Å². The number of hydrogen-bond donors (Lipinski definition) is 1. The Balaban J connectivity index is 1.42. The van der Waals surface area contributed by atoms with Crippen molar-refractivity contribution in [2.75, 3.05) is 0 Å². The minimum absolute atomic E-state index is 0.107. The maximum Gasteiger partial charge on any atom is 0.310 e. The number of aromatic nitrogens is 3. The number of carboxylic acid groups (broad SMARTS) is 1. The Hall–Kier alpha value is -3.87. The predicted octanol–water partition coefficient (Wildman–Crippen LogP) is 3.88. The molecule has 2 aromatic carbocycles. The molecular formula is C25H23N3O4. The number of fused-ring (bicyclic) bond motifs is 1. The van der Waals surface area contributed by atoms with Gasteiger partial charge in [-0.25, -0.2) is 4.98 Å². The summed E-state index contributed by atoms with van der Waals surface area (Å²) in [4.78, 5) is 29.0. The first-order valence-electron chi connectivity index (χ1n) is 10.5. The van der Waals surface area contributed by atoms with Crippen LogP contribution in [0.5, 0.6) is 5.75 Å². The van der Waals surface area contributed by atoms with E-state index in [1.165, 1.54) is 6.07 Å². The van der Waals surface area contributed by atoms with Crippen LogP contribution in [0.3, 0.4) is 0 Å². The molecule has 2 heterocycles. The van der Waals surface area contributed by atoms with E-state index in [1.807, 2.05) is 60.1 Å². The Morgan fingerprint density at radius 3 is 2.66 bits per heavy atom. The fraction of sp³-hybridized carbons (Fsp3) is 0.240. The van der Waals surface area contributed by atoms with Gasteiger partial charge in [0.15, 0.2) is 0 Å². The van der Waals surface area contributed by atoms with Gasteiger partial charge in [-0.3, -0.25) is 14.2 Å². The zero-order valence-electron chi connectivity index (χ0n) is 17.9. The maximum absolute atomic E-state index is 12.8. The average molecular weight is 429 g/mol. The van der Waals surface area contributed by atoms with Crippen molar-refractivity contribution in [3.63, 3.8) is 0 Å². The highest BCUT2D eigenvalue weighted by molar-refractivity contribution is 5.82. The van der Waals surface area contributed by atoms with Crippen molar-refractivity contribution in [2.45, 2.75) is 25.9 Å². The van der Waals surface area contributed by atoms with E-state index in [-0.39, 0.29) is 11.5 Å². The third kappa shape index (κ3) is 3.36. The van der Waals surface area contributed by atoms with Crippen LogP contribution in [0.15, 0.2) is 71.7 Å². The molecule has 162 valence electrons. The number of rotatable bonds is 6. The molecule has 1 N–H and O–H groups in total. The molecule has 0 saturated heterocycles. The SMILES string of the molecule is Cn1c(C2CC2(C)C(=O)O)nc2ccc(-n3ccc(OCc4ccccc4)cc3=O)cc21. The lowest BCUT2D eigenvalue weighted by molar-refractivity contribution is -0.142. The molecule has 0 amide bonds. The monoisotopic (exact) mass is 429 g/mol. The maximum atomic E-state index is 12.8. The Morgan fingerprint density at radius 1 is 1.19 bits per heavy atom. The van der Waals surface area contributed by atoms with Gasteiger partial charge in [0.25, 0.3) is 5.56 Å². The van der Waals surface area contributed by atoms with Crippen molar-refractivity contribution in [3.8, 4) is 11.4 Å². The van der Waals surface area contributed by atoms with Gasteiger partial charge >= 0.3 is 5.97 Å². The van der Waals surface area contributed by atoms with Crippen LogP contribution in [0.4, 0.5) is 0 Å². The molecule has 0 aliphatic heterocycles. The number of ether oxygens (including phenoxy) is 1. The molecule has 1 fully saturated rings. The summed E-state index contributed by atoms with van der Waals surface area (Å²) >= 11 is 0. The van der Waals surface area contributed by atoms with Crippen LogP contribution in [-0.4, -0.2) is 25.2 Å². The van der Waals surface area contributed by atoms with E-state index in [0.29, 0.717) is 24.5 Å². The molecule has 1 aliphatic rings. The second-order valence-electron chi connectivity index (χ2n) is 8.53. The van der Waals surface area contributed by atoms with E-state index in [2.05, 4.69) is 4.98 Å². The predicted molar refractivity (Wildman–Crippen MR) is 120 cm³/mol. The molecule has 7 heteroatoms. The van der Waals surface area contributed by atoms with Gasteiger partial charge < -0.3 is 14.4 Å². The van der Waals surface area contributed by atoms with Crippen molar-refractivity contribution < 1.29 is 14.6 Å². The Morgan fingerprint density at radius 2 is 1.97 bits per heavy atom. The van der Waals surface area contributed by atoms with E-state index < -0.39 is 11.4 Å². The molecule has 4 aromatic rings. The van der Waals surface area contributed by atoms with Crippen LogP contribution >= 0.6 is 0 Å². The van der Waals surface area contributed by atoms with Gasteiger partial charge in [0.05, 0.1) is 22.1 Å². The van der Waals surface area contributed by atoms with Crippen molar-refractivity contribution in [3.05, 3.63) is 88.6 Å². The third-order valence-electron chi connectivity index (χ3n) is 6.35. The minimum Gasteiger partial charge on any atom is -0.489 e. The minimum atomic E-state index is -0.795. The number of aliphatic carboxylic acids is 1. The molecule has 2 unspecified atom stereocenters. The molecule has 1 aliphatic carbocycles. The highest BCUT2D eigenvalue weighted by Crippen LogP contribution is 2.59. The summed E-state index contributed by atoms with van der Waals surface area (Å²) in [6, 6.07) is 18.6. The summed E-state index contributed by atoms with van der Waals surface area (Å²) in [5.74, 6) is 0.376. The molecule has 2 aromatic heterocycles. The van der Waals surface area contributed by atoms with Crippen molar-refractivity contribution in [1.82, 2.24) is 14.1 Å². The Kier molecular flexibility index (Phi) is 4.62. The quantitative estimate of drug-likeness (QED) is 0.503. The zero-order valence-corrected chi connectivity index (χ0v) is 17.9. The van der Waals surface area contributed by atoms with Gasteiger partial charge in [-0.05, 0) is 43.2 Å². The second kappa shape index (κ2) is 7.37. The summed E-state index contributed by atoms with van der Waals surface area (Å²) in [5.41, 5.74) is 2.42. The van der Waals surface area contributed by atoms with Gasteiger partial charge in [0.1, 0.15) is 18.2 Å². The number of benzene rings is 2. The molecule has 0 spiro atoms. The largest absolute Gasteiger partial charge is 0.489 e. The molecule has 5 rings (SSSR count). The smallest absolute Gasteiger partial charge is 0.310 e. The summed E-state index contributed by atoms with van der Waals surface area (Å²) in [5, 5.41) is 9.47. The number of imidazole rings is 1. The van der Waals surface area contributed by atoms with Gasteiger partial charge in [-0.2, -0.15) is 0 Å². The van der Waals surface area contributed by atoms with Crippen LogP contribution < -0.4 is 10.3 Å². The first-order chi connectivity index (χ1) is 15.4. The van der Waals surface area contributed by atoms with E-state index >= 15 is 0 Å². The molecule has 0 bridgehead atoms. The number of hydrogen-bond acceptors (Lipinski definition) is 4. The zero-order chi connectivity index (χ0) is 22.5. The number of pyridine rings is 1. The highest BCUT2D eigenvalue weighted by atomic mass is 16.5. The lowest BCUT2D eigenvalue weighted by Gasteiger charge is -2.10.